The third kappa shape index (κ3) is 3.09. The van der Waals surface area contributed by atoms with E-state index in [9.17, 15) is 9.65 Å². The number of fused-ring (bicyclic) bond motifs is 6. The van der Waals surface area contributed by atoms with Gasteiger partial charge in [-0.25, -0.2) is 4.39 Å². The minimum atomic E-state index is -0.303. The topological polar surface area (TPSA) is 54.0 Å². The van der Waals surface area contributed by atoms with E-state index in [2.05, 4.69) is 6.07 Å². The van der Waals surface area contributed by atoms with Gasteiger partial charge in [0.25, 0.3) is 0 Å². The maximum absolute atomic E-state index is 13.9. The number of nitriles is 1. The van der Waals surface area contributed by atoms with Crippen LogP contribution in [0.5, 0.6) is 0 Å². The van der Waals surface area contributed by atoms with Crippen LogP contribution in [0.1, 0.15) is 11.1 Å². The molecule has 0 amide bonds. The first kappa shape index (κ1) is 21.3. The van der Waals surface area contributed by atoms with Gasteiger partial charge in [-0.3, -0.25) is 0 Å². The highest BCUT2D eigenvalue weighted by molar-refractivity contribution is 6.14. The zero-order valence-electron chi connectivity index (χ0n) is 20.2. The molecule has 3 aromatic heterocycles. The van der Waals surface area contributed by atoms with Gasteiger partial charge in [-0.05, 0) is 54.4 Å². The normalized spacial score (nSPS) is 11.6. The molecule has 3 heterocycles. The average molecular weight is 484 g/mol. The Kier molecular flexibility index (Phi) is 4.49. The fraction of sp³-hybridized carbons (Fsp3) is 0.0625. The average Bonchev–Trinajstić information content (AvgIpc) is 3.46. The maximum Gasteiger partial charge on any atom is 0.216 e. The van der Waals surface area contributed by atoms with Crippen molar-refractivity contribution in [3.05, 3.63) is 102 Å². The van der Waals surface area contributed by atoms with Crippen LogP contribution in [0.15, 0.2) is 93.9 Å². The summed E-state index contributed by atoms with van der Waals surface area (Å²) in [7, 11) is 1.82. The lowest BCUT2D eigenvalue weighted by molar-refractivity contribution is -0.661. The summed E-state index contributed by atoms with van der Waals surface area (Å²) in [5.41, 5.74) is 7.77. The van der Waals surface area contributed by atoms with E-state index in [4.69, 9.17) is 8.83 Å². The number of benzene rings is 4. The van der Waals surface area contributed by atoms with Gasteiger partial charge in [-0.1, -0.05) is 36.4 Å². The van der Waals surface area contributed by atoms with Crippen LogP contribution in [0.3, 0.4) is 0 Å². The Balaban J connectivity index is 1.55. The van der Waals surface area contributed by atoms with Gasteiger partial charge in [-0.15, -0.1) is 0 Å². The van der Waals surface area contributed by atoms with Gasteiger partial charge in [0.2, 0.25) is 11.9 Å². The zero-order valence-corrected chi connectivity index (χ0v) is 20.2. The second kappa shape index (κ2) is 7.78. The highest BCUT2D eigenvalue weighted by Crippen LogP contribution is 2.42. The molecule has 7 aromatic rings. The molecule has 0 unspecified atom stereocenters. The lowest BCUT2D eigenvalue weighted by Gasteiger charge is -2.06. The van der Waals surface area contributed by atoms with E-state index in [1.165, 1.54) is 12.3 Å². The monoisotopic (exact) mass is 483 g/mol. The standard InChI is InChI=1S/C32H20FN2O2/c1-18-7-11-24-25-13-9-20(16-34)30(19-8-12-23-22-5-3-4-6-27(22)36-28(23)15-19)32(25)37-31(24)29(18)26-14-10-21(33)17-35(26)2/h3-15,17H,1-2H3/q+1. The number of hydrogen-bond acceptors (Lipinski definition) is 3. The molecule has 4 aromatic carbocycles. The van der Waals surface area contributed by atoms with Crippen molar-refractivity contribution in [1.82, 2.24) is 0 Å². The molecule has 37 heavy (non-hydrogen) atoms. The highest BCUT2D eigenvalue weighted by Gasteiger charge is 2.23. The Morgan fingerprint density at radius 3 is 2.30 bits per heavy atom. The molecule has 0 fully saturated rings. The van der Waals surface area contributed by atoms with Crippen molar-refractivity contribution < 1.29 is 17.8 Å². The molecule has 0 N–H and O–H groups in total. The fourth-order valence-corrected chi connectivity index (χ4v) is 5.41. The molecule has 0 aliphatic carbocycles. The summed E-state index contributed by atoms with van der Waals surface area (Å²) in [5.74, 6) is -0.303. The molecule has 0 atom stereocenters. The van der Waals surface area contributed by atoms with Crippen LogP contribution < -0.4 is 4.57 Å². The van der Waals surface area contributed by atoms with E-state index in [0.29, 0.717) is 16.7 Å². The van der Waals surface area contributed by atoms with E-state index >= 15 is 0 Å². The molecular weight excluding hydrogens is 463 g/mol. The minimum absolute atomic E-state index is 0.303. The lowest BCUT2D eigenvalue weighted by Crippen LogP contribution is -2.31. The summed E-state index contributed by atoms with van der Waals surface area (Å²) >= 11 is 0. The van der Waals surface area contributed by atoms with Crippen molar-refractivity contribution in [2.75, 3.05) is 0 Å². The van der Waals surface area contributed by atoms with Crippen LogP contribution in [-0.4, -0.2) is 0 Å². The summed E-state index contributed by atoms with van der Waals surface area (Å²) in [6, 6.07) is 27.4. The summed E-state index contributed by atoms with van der Waals surface area (Å²) in [6.45, 7) is 2.02. The molecule has 5 heteroatoms. The summed E-state index contributed by atoms with van der Waals surface area (Å²) in [4.78, 5) is 0. The Morgan fingerprint density at radius 1 is 0.757 bits per heavy atom. The van der Waals surface area contributed by atoms with Crippen LogP contribution in [0, 0.1) is 24.1 Å². The van der Waals surface area contributed by atoms with Crippen molar-refractivity contribution in [1.29, 1.82) is 5.26 Å². The number of halogens is 1. The predicted octanol–water partition coefficient (Wildman–Crippen LogP) is 7.96. The third-order valence-corrected chi connectivity index (χ3v) is 7.16. The molecule has 0 bridgehead atoms. The van der Waals surface area contributed by atoms with Crippen molar-refractivity contribution in [2.24, 2.45) is 7.05 Å². The number of aromatic nitrogens is 1. The van der Waals surface area contributed by atoms with Crippen LogP contribution in [0.2, 0.25) is 0 Å². The second-order valence-corrected chi connectivity index (χ2v) is 9.37. The van der Waals surface area contributed by atoms with Crippen LogP contribution in [-0.2, 0) is 7.05 Å². The number of hydrogen-bond donors (Lipinski definition) is 0. The van der Waals surface area contributed by atoms with E-state index in [-0.39, 0.29) is 5.82 Å². The molecule has 0 aliphatic rings. The molecule has 0 saturated heterocycles. The van der Waals surface area contributed by atoms with Crippen molar-refractivity contribution >= 4 is 43.9 Å². The largest absolute Gasteiger partial charge is 0.456 e. The van der Waals surface area contributed by atoms with Gasteiger partial charge in [0.05, 0.1) is 17.2 Å². The van der Waals surface area contributed by atoms with E-state index in [0.717, 1.165) is 60.7 Å². The van der Waals surface area contributed by atoms with Crippen LogP contribution in [0.25, 0.3) is 66.3 Å². The molecule has 7 rings (SSSR count). The predicted molar refractivity (Wildman–Crippen MR) is 142 cm³/mol. The van der Waals surface area contributed by atoms with Gasteiger partial charge in [0.15, 0.2) is 5.82 Å². The molecule has 0 aliphatic heterocycles. The number of nitrogens with zero attached hydrogens (tertiary/aromatic N) is 2. The first-order valence-corrected chi connectivity index (χ1v) is 12.0. The van der Waals surface area contributed by atoms with Crippen LogP contribution in [0.4, 0.5) is 4.39 Å². The van der Waals surface area contributed by atoms with E-state index < -0.39 is 0 Å². The first-order chi connectivity index (χ1) is 18.0. The number of rotatable bonds is 2. The third-order valence-electron chi connectivity index (χ3n) is 7.16. The molecule has 4 nitrogen and oxygen atoms in total. The minimum Gasteiger partial charge on any atom is -0.456 e. The molecule has 0 spiro atoms. The second-order valence-electron chi connectivity index (χ2n) is 9.37. The fourth-order valence-electron chi connectivity index (χ4n) is 5.41. The smallest absolute Gasteiger partial charge is 0.216 e. The Bertz CT molecular complexity index is 2090. The summed E-state index contributed by atoms with van der Waals surface area (Å²) in [6.07, 6.45) is 1.46. The highest BCUT2D eigenvalue weighted by atomic mass is 19.1. The van der Waals surface area contributed by atoms with Crippen LogP contribution >= 0.6 is 0 Å². The molecule has 176 valence electrons. The quantitative estimate of drug-likeness (QED) is 0.234. The molecule has 0 radical (unpaired) electrons. The van der Waals surface area contributed by atoms with Crippen molar-refractivity contribution in [3.63, 3.8) is 0 Å². The first-order valence-electron chi connectivity index (χ1n) is 12.0. The lowest BCUT2D eigenvalue weighted by atomic mass is 9.95. The molecular formula is C32H20FN2O2+. The zero-order chi connectivity index (χ0) is 25.3. The SMILES string of the molecule is Cc1ccc2c(oc3c(-c4ccc5c(c4)oc4ccccc45)c(C#N)ccc32)c1-c1ccc(F)c[n+]1C. The summed E-state index contributed by atoms with van der Waals surface area (Å²) in [5, 5.41) is 14.0. The number of aryl methyl sites for hydroxylation is 2. The maximum atomic E-state index is 13.9. The number of pyridine rings is 1. The van der Waals surface area contributed by atoms with E-state index in [1.807, 2.05) is 80.7 Å². The van der Waals surface area contributed by atoms with Gasteiger partial charge in [0.1, 0.15) is 29.4 Å². The summed E-state index contributed by atoms with van der Waals surface area (Å²) < 4.78 is 28.4. The van der Waals surface area contributed by atoms with Gasteiger partial charge in [0, 0.05) is 33.2 Å². The van der Waals surface area contributed by atoms with E-state index in [1.54, 1.807) is 10.6 Å². The number of para-hydroxylation sites is 1. The Labute approximate surface area is 211 Å². The van der Waals surface area contributed by atoms with Crippen molar-refractivity contribution in [2.45, 2.75) is 6.92 Å². The van der Waals surface area contributed by atoms with Gasteiger partial charge < -0.3 is 8.83 Å². The van der Waals surface area contributed by atoms with Gasteiger partial charge in [-0.2, -0.15) is 9.83 Å². The Hall–Kier alpha value is -4.95. The van der Waals surface area contributed by atoms with Gasteiger partial charge >= 0.3 is 0 Å². The number of furan rings is 2. The molecule has 0 saturated carbocycles. The van der Waals surface area contributed by atoms with Crippen molar-refractivity contribution in [3.8, 4) is 28.5 Å². The Morgan fingerprint density at radius 2 is 1.49 bits per heavy atom.